The molecule has 1 aliphatic carbocycles. The van der Waals surface area contributed by atoms with E-state index in [0.717, 1.165) is 42.6 Å². The quantitative estimate of drug-likeness (QED) is 0.745. The van der Waals surface area contributed by atoms with Crippen molar-refractivity contribution in [1.29, 1.82) is 0 Å². The molecule has 4 rings (SSSR count). The Morgan fingerprint density at radius 1 is 1.21 bits per heavy atom. The smallest absolute Gasteiger partial charge is 0.224 e. The Morgan fingerprint density at radius 3 is 2.69 bits per heavy atom. The molecule has 0 bridgehead atoms. The number of fused-ring (bicyclic) bond motifs is 1. The van der Waals surface area contributed by atoms with Crippen LogP contribution >= 0.6 is 23.2 Å². The lowest BCUT2D eigenvalue weighted by molar-refractivity contribution is -0.119. The molecule has 0 spiro atoms. The first-order valence-corrected chi connectivity index (χ1v) is 11.0. The van der Waals surface area contributed by atoms with Crippen LogP contribution in [0.15, 0.2) is 30.3 Å². The summed E-state index contributed by atoms with van der Waals surface area (Å²) < 4.78 is 0. The van der Waals surface area contributed by atoms with Crippen LogP contribution in [-0.2, 0) is 17.6 Å². The number of phenolic OH excluding ortho intramolecular Hbond substituents is 1. The topological polar surface area (TPSA) is 52.6 Å². The summed E-state index contributed by atoms with van der Waals surface area (Å²) >= 11 is 13.2. The predicted molar refractivity (Wildman–Crippen MR) is 117 cm³/mol. The number of rotatable bonds is 4. The maximum absolute atomic E-state index is 12.2. The number of phenols is 1. The minimum Gasteiger partial charge on any atom is -0.508 e. The maximum Gasteiger partial charge on any atom is 0.224 e. The average molecular weight is 433 g/mol. The molecule has 0 radical (unpaired) electrons. The summed E-state index contributed by atoms with van der Waals surface area (Å²) in [4.78, 5) is 14.8. The number of hydrogen-bond donors (Lipinski definition) is 2. The van der Waals surface area contributed by atoms with Crippen molar-refractivity contribution < 1.29 is 9.90 Å². The number of aryl methyl sites for hydroxylation is 1. The van der Waals surface area contributed by atoms with Gasteiger partial charge in [0.25, 0.3) is 0 Å². The van der Waals surface area contributed by atoms with Crippen molar-refractivity contribution in [3.63, 3.8) is 0 Å². The Hall–Kier alpha value is -1.75. The molecule has 2 aromatic carbocycles. The van der Waals surface area contributed by atoms with Crippen LogP contribution < -0.4 is 5.32 Å². The van der Waals surface area contributed by atoms with Gasteiger partial charge in [0, 0.05) is 19.0 Å². The number of amides is 1. The Labute approximate surface area is 181 Å². The Kier molecular flexibility index (Phi) is 6.05. The van der Waals surface area contributed by atoms with Crippen LogP contribution in [0.25, 0.3) is 0 Å². The number of carbonyl (C=O) groups is 1. The van der Waals surface area contributed by atoms with Crippen LogP contribution in [0.2, 0.25) is 10.0 Å². The molecule has 1 aliphatic heterocycles. The molecule has 1 saturated heterocycles. The monoisotopic (exact) mass is 432 g/mol. The van der Waals surface area contributed by atoms with Gasteiger partial charge in [-0.15, -0.1) is 0 Å². The van der Waals surface area contributed by atoms with E-state index in [9.17, 15) is 9.90 Å². The molecule has 2 unspecified atom stereocenters. The molecule has 154 valence electrons. The summed E-state index contributed by atoms with van der Waals surface area (Å²) in [5.41, 5.74) is 4.18. The molecule has 2 aromatic rings. The standard InChI is InChI=1S/C23H26Cl2N2O2/c1-26-20(29)13-15-4-8-18(24)23(25)21(15)22-17-7-6-16(28)12-14(17)5-9-19(22)27-10-2-3-11-27/h4,6-8,12,19,22,28H,2-3,5,9-11,13H2,1H3,(H,26,29). The third-order valence-corrected chi connectivity index (χ3v) is 7.15. The van der Waals surface area contributed by atoms with Gasteiger partial charge in [-0.25, -0.2) is 0 Å². The summed E-state index contributed by atoms with van der Waals surface area (Å²) in [6, 6.07) is 9.62. The second kappa shape index (κ2) is 8.55. The van der Waals surface area contributed by atoms with Crippen LogP contribution in [0.1, 0.15) is 47.4 Å². The van der Waals surface area contributed by atoms with Gasteiger partial charge in [0.2, 0.25) is 5.91 Å². The molecule has 29 heavy (non-hydrogen) atoms. The number of benzene rings is 2. The molecular formula is C23H26Cl2N2O2. The lowest BCUT2D eigenvalue weighted by Crippen LogP contribution is -2.41. The number of hydrogen-bond acceptors (Lipinski definition) is 3. The average Bonchev–Trinajstić information content (AvgIpc) is 3.25. The number of likely N-dealkylation sites (tertiary alicyclic amines) is 1. The van der Waals surface area contributed by atoms with Gasteiger partial charge in [0.15, 0.2) is 0 Å². The summed E-state index contributed by atoms with van der Waals surface area (Å²) in [6.07, 6.45) is 4.59. The zero-order chi connectivity index (χ0) is 20.5. The molecule has 2 aliphatic rings. The SMILES string of the molecule is CNC(=O)Cc1ccc(Cl)c(Cl)c1C1c2ccc(O)cc2CCC1N1CCCC1. The van der Waals surface area contributed by atoms with E-state index < -0.39 is 0 Å². The number of carbonyl (C=O) groups excluding carboxylic acids is 1. The van der Waals surface area contributed by atoms with Crippen molar-refractivity contribution in [2.75, 3.05) is 20.1 Å². The van der Waals surface area contributed by atoms with Gasteiger partial charge in [-0.2, -0.15) is 0 Å². The molecule has 6 heteroatoms. The molecular weight excluding hydrogens is 407 g/mol. The lowest BCUT2D eigenvalue weighted by Gasteiger charge is -2.40. The van der Waals surface area contributed by atoms with E-state index >= 15 is 0 Å². The second-order valence-electron chi connectivity index (χ2n) is 7.99. The van der Waals surface area contributed by atoms with Gasteiger partial charge in [0.1, 0.15) is 5.75 Å². The van der Waals surface area contributed by atoms with Gasteiger partial charge in [-0.05, 0) is 79.2 Å². The summed E-state index contributed by atoms with van der Waals surface area (Å²) in [7, 11) is 1.64. The van der Waals surface area contributed by atoms with Crippen molar-refractivity contribution >= 4 is 29.1 Å². The van der Waals surface area contributed by atoms with E-state index in [0.29, 0.717) is 16.1 Å². The Morgan fingerprint density at radius 2 is 1.97 bits per heavy atom. The Bertz CT molecular complexity index is 925. The molecule has 1 amide bonds. The maximum atomic E-state index is 12.2. The molecule has 1 heterocycles. The first kappa shape index (κ1) is 20.5. The molecule has 4 nitrogen and oxygen atoms in total. The molecule has 1 fully saturated rings. The highest BCUT2D eigenvalue weighted by atomic mass is 35.5. The number of halogens is 2. The first-order chi connectivity index (χ1) is 14.0. The number of nitrogens with one attached hydrogen (secondary N) is 1. The van der Waals surface area contributed by atoms with E-state index in [1.807, 2.05) is 18.2 Å². The Balaban J connectivity index is 1.89. The summed E-state index contributed by atoms with van der Waals surface area (Å²) in [6.45, 7) is 2.16. The number of nitrogens with zero attached hydrogens (tertiary/aromatic N) is 1. The van der Waals surface area contributed by atoms with Crippen LogP contribution in [0.5, 0.6) is 5.75 Å². The van der Waals surface area contributed by atoms with Gasteiger partial charge >= 0.3 is 0 Å². The highest BCUT2D eigenvalue weighted by Crippen LogP contribution is 2.46. The number of likely N-dealkylation sites (N-methyl/N-ethyl adjacent to an activating group) is 1. The normalized spacial score (nSPS) is 21.8. The van der Waals surface area contributed by atoms with E-state index in [4.69, 9.17) is 23.2 Å². The highest BCUT2D eigenvalue weighted by molar-refractivity contribution is 6.42. The zero-order valence-electron chi connectivity index (χ0n) is 16.5. The number of aromatic hydroxyl groups is 1. The van der Waals surface area contributed by atoms with Crippen LogP contribution in [0.4, 0.5) is 0 Å². The van der Waals surface area contributed by atoms with E-state index in [1.165, 1.54) is 18.4 Å². The minimum atomic E-state index is -0.0518. The zero-order valence-corrected chi connectivity index (χ0v) is 18.1. The summed E-state index contributed by atoms with van der Waals surface area (Å²) in [5, 5.41) is 13.8. The second-order valence-corrected chi connectivity index (χ2v) is 8.78. The van der Waals surface area contributed by atoms with Crippen molar-refractivity contribution in [2.45, 2.75) is 44.1 Å². The van der Waals surface area contributed by atoms with E-state index in [-0.39, 0.29) is 24.0 Å². The van der Waals surface area contributed by atoms with E-state index in [2.05, 4.69) is 10.2 Å². The first-order valence-electron chi connectivity index (χ1n) is 10.2. The fraction of sp³-hybridized carbons (Fsp3) is 0.435. The van der Waals surface area contributed by atoms with Crippen LogP contribution in [-0.4, -0.2) is 42.1 Å². The fourth-order valence-corrected chi connectivity index (χ4v) is 5.43. The predicted octanol–water partition coefficient (Wildman–Crippen LogP) is 4.53. The van der Waals surface area contributed by atoms with Gasteiger partial charge < -0.3 is 10.4 Å². The molecule has 2 atom stereocenters. The van der Waals surface area contributed by atoms with Crippen LogP contribution in [0.3, 0.4) is 0 Å². The van der Waals surface area contributed by atoms with Crippen molar-refractivity contribution in [3.8, 4) is 5.75 Å². The molecule has 0 aromatic heterocycles. The summed E-state index contributed by atoms with van der Waals surface area (Å²) in [5.74, 6) is 0.248. The fourth-order valence-electron chi connectivity index (χ4n) is 4.96. The van der Waals surface area contributed by atoms with Gasteiger partial charge in [-0.3, -0.25) is 9.69 Å². The van der Waals surface area contributed by atoms with Crippen molar-refractivity contribution in [1.82, 2.24) is 10.2 Å². The van der Waals surface area contributed by atoms with Crippen molar-refractivity contribution in [3.05, 3.63) is 62.6 Å². The third kappa shape index (κ3) is 3.98. The lowest BCUT2D eigenvalue weighted by atomic mass is 9.73. The largest absolute Gasteiger partial charge is 0.508 e. The van der Waals surface area contributed by atoms with Crippen LogP contribution in [0, 0.1) is 0 Å². The highest BCUT2D eigenvalue weighted by Gasteiger charge is 2.38. The third-order valence-electron chi connectivity index (χ3n) is 6.33. The molecule has 0 saturated carbocycles. The minimum absolute atomic E-state index is 0.0170. The van der Waals surface area contributed by atoms with Gasteiger partial charge in [-0.1, -0.05) is 35.3 Å². The van der Waals surface area contributed by atoms with Crippen molar-refractivity contribution in [2.24, 2.45) is 0 Å². The van der Waals surface area contributed by atoms with Gasteiger partial charge in [0.05, 0.1) is 16.5 Å². The van der Waals surface area contributed by atoms with E-state index in [1.54, 1.807) is 19.2 Å². The molecule has 2 N–H and O–H groups in total.